The van der Waals surface area contributed by atoms with Gasteiger partial charge in [-0.15, -0.1) is 0 Å². The monoisotopic (exact) mass is 401 g/mol. The largest absolute Gasteiger partial charge is 0.377 e. The molecule has 158 valence electrons. The molecule has 29 heavy (non-hydrogen) atoms. The van der Waals surface area contributed by atoms with E-state index in [1.807, 2.05) is 30.3 Å². The van der Waals surface area contributed by atoms with Crippen molar-refractivity contribution in [2.45, 2.75) is 13.8 Å². The molecule has 0 amide bonds. The molecule has 1 aliphatic heterocycles. The lowest BCUT2D eigenvalue weighted by Gasteiger charge is -2.26. The summed E-state index contributed by atoms with van der Waals surface area (Å²) in [7, 11) is 0. The lowest BCUT2D eigenvalue weighted by atomic mass is 10.2. The Bertz CT molecular complexity index is 716. The number of hydrogen-bond donors (Lipinski definition) is 0. The third kappa shape index (κ3) is 6.35. The second kappa shape index (κ2) is 11.6. The summed E-state index contributed by atoms with van der Waals surface area (Å²) >= 11 is 0. The van der Waals surface area contributed by atoms with Crippen LogP contribution < -0.4 is 9.80 Å². The zero-order valence-corrected chi connectivity index (χ0v) is 17.4. The summed E-state index contributed by atoms with van der Waals surface area (Å²) < 4.78 is 16.9. The summed E-state index contributed by atoms with van der Waals surface area (Å²) in [4.78, 5) is 18.6. The van der Waals surface area contributed by atoms with Gasteiger partial charge >= 0.3 is 0 Å². The van der Waals surface area contributed by atoms with Crippen LogP contribution in [0.3, 0.4) is 0 Å². The number of benzene rings is 1. The maximum Gasteiger partial charge on any atom is 0.230 e. The average Bonchev–Trinajstić information content (AvgIpc) is 2.75. The molecular formula is C21H31N5O3. The fourth-order valence-electron chi connectivity index (χ4n) is 3.06. The Balaban J connectivity index is 1.90. The number of anilines is 2. The third-order valence-corrected chi connectivity index (χ3v) is 4.73. The molecule has 0 saturated carbocycles. The van der Waals surface area contributed by atoms with Gasteiger partial charge in [0.15, 0.2) is 5.82 Å². The van der Waals surface area contributed by atoms with E-state index in [1.165, 1.54) is 0 Å². The van der Waals surface area contributed by atoms with E-state index >= 15 is 0 Å². The fourth-order valence-corrected chi connectivity index (χ4v) is 3.06. The summed E-state index contributed by atoms with van der Waals surface area (Å²) in [6.45, 7) is 10.7. The lowest BCUT2D eigenvalue weighted by molar-refractivity contribution is 0.0125. The molecule has 1 aromatic heterocycles. The van der Waals surface area contributed by atoms with Crippen LogP contribution in [0.1, 0.15) is 13.8 Å². The van der Waals surface area contributed by atoms with Crippen LogP contribution in [0.15, 0.2) is 30.3 Å². The van der Waals surface area contributed by atoms with Crippen molar-refractivity contribution < 1.29 is 14.2 Å². The topological polar surface area (TPSA) is 72.8 Å². The van der Waals surface area contributed by atoms with E-state index in [2.05, 4.69) is 23.6 Å². The highest BCUT2D eigenvalue weighted by Crippen LogP contribution is 2.21. The van der Waals surface area contributed by atoms with Gasteiger partial charge in [0.25, 0.3) is 0 Å². The van der Waals surface area contributed by atoms with Crippen molar-refractivity contribution in [3.05, 3.63) is 30.3 Å². The van der Waals surface area contributed by atoms with Crippen LogP contribution >= 0.6 is 0 Å². The van der Waals surface area contributed by atoms with Gasteiger partial charge in [0.1, 0.15) is 0 Å². The molecule has 1 saturated heterocycles. The van der Waals surface area contributed by atoms with Crippen LogP contribution in [0.5, 0.6) is 0 Å². The first-order chi connectivity index (χ1) is 14.3. The van der Waals surface area contributed by atoms with Crippen LogP contribution in [0.4, 0.5) is 11.9 Å². The van der Waals surface area contributed by atoms with E-state index < -0.39 is 0 Å². The van der Waals surface area contributed by atoms with Crippen molar-refractivity contribution in [3.8, 4) is 11.4 Å². The number of nitrogens with zero attached hydrogens (tertiary/aromatic N) is 5. The zero-order chi connectivity index (χ0) is 20.3. The smallest absolute Gasteiger partial charge is 0.230 e. The molecule has 0 atom stereocenters. The standard InChI is InChI=1S/C21H31N5O3/c1-3-25(4-2)20-22-19(18-8-6-5-7-9-18)23-21(24-20)26-10-12-27-14-16-29-17-15-28-13-11-26/h5-9H,3-4,10-17H2,1-2H3. The Morgan fingerprint density at radius 1 is 0.793 bits per heavy atom. The summed E-state index contributed by atoms with van der Waals surface area (Å²) in [6, 6.07) is 10.0. The van der Waals surface area contributed by atoms with Gasteiger partial charge in [0, 0.05) is 31.7 Å². The van der Waals surface area contributed by atoms with E-state index in [0.717, 1.165) is 18.7 Å². The number of ether oxygens (including phenoxy) is 3. The van der Waals surface area contributed by atoms with Crippen LogP contribution in [0, 0.1) is 0 Å². The van der Waals surface area contributed by atoms with Gasteiger partial charge in [-0.3, -0.25) is 0 Å². The summed E-state index contributed by atoms with van der Waals surface area (Å²) in [5.41, 5.74) is 0.976. The lowest BCUT2D eigenvalue weighted by Crippen LogP contribution is -2.34. The molecule has 8 nitrogen and oxygen atoms in total. The van der Waals surface area contributed by atoms with Crippen molar-refractivity contribution in [2.75, 3.05) is 75.6 Å². The molecule has 0 N–H and O–H groups in total. The van der Waals surface area contributed by atoms with Gasteiger partial charge < -0.3 is 24.0 Å². The zero-order valence-electron chi connectivity index (χ0n) is 17.4. The van der Waals surface area contributed by atoms with Crippen LogP contribution in [-0.4, -0.2) is 80.8 Å². The molecule has 2 aromatic rings. The van der Waals surface area contributed by atoms with Crippen LogP contribution in [-0.2, 0) is 14.2 Å². The van der Waals surface area contributed by atoms with E-state index in [0.29, 0.717) is 70.5 Å². The summed E-state index contributed by atoms with van der Waals surface area (Å²) in [6.07, 6.45) is 0. The molecule has 0 bridgehead atoms. The Kier molecular flexibility index (Phi) is 8.60. The number of aromatic nitrogens is 3. The Hall–Kier alpha value is -2.29. The van der Waals surface area contributed by atoms with Gasteiger partial charge in [0.05, 0.1) is 39.6 Å². The third-order valence-electron chi connectivity index (χ3n) is 4.73. The van der Waals surface area contributed by atoms with E-state index in [1.54, 1.807) is 0 Å². The van der Waals surface area contributed by atoms with E-state index in [9.17, 15) is 0 Å². The van der Waals surface area contributed by atoms with Crippen molar-refractivity contribution in [1.29, 1.82) is 0 Å². The maximum absolute atomic E-state index is 5.70. The van der Waals surface area contributed by atoms with E-state index in [4.69, 9.17) is 29.2 Å². The first kappa shape index (κ1) is 21.4. The van der Waals surface area contributed by atoms with Gasteiger partial charge in [-0.1, -0.05) is 30.3 Å². The molecule has 2 heterocycles. The van der Waals surface area contributed by atoms with Crippen LogP contribution in [0.2, 0.25) is 0 Å². The molecule has 8 heteroatoms. The van der Waals surface area contributed by atoms with Crippen molar-refractivity contribution >= 4 is 11.9 Å². The molecule has 0 unspecified atom stereocenters. The highest BCUT2D eigenvalue weighted by Gasteiger charge is 2.17. The Labute approximate surface area is 172 Å². The predicted octanol–water partition coefficient (Wildman–Crippen LogP) is 2.25. The van der Waals surface area contributed by atoms with Gasteiger partial charge in [-0.2, -0.15) is 15.0 Å². The number of rotatable bonds is 5. The molecule has 0 spiro atoms. The molecule has 3 rings (SSSR count). The highest BCUT2D eigenvalue weighted by atomic mass is 16.5. The minimum absolute atomic E-state index is 0.574. The molecule has 0 radical (unpaired) electrons. The molecule has 1 aromatic carbocycles. The SMILES string of the molecule is CCN(CC)c1nc(-c2ccccc2)nc(N2CCOCCOCCOCC2)n1. The minimum Gasteiger partial charge on any atom is -0.377 e. The average molecular weight is 402 g/mol. The van der Waals surface area contributed by atoms with Gasteiger partial charge in [0.2, 0.25) is 11.9 Å². The molecular weight excluding hydrogens is 370 g/mol. The van der Waals surface area contributed by atoms with Gasteiger partial charge in [-0.05, 0) is 13.8 Å². The molecule has 1 fully saturated rings. The van der Waals surface area contributed by atoms with Gasteiger partial charge in [-0.25, -0.2) is 0 Å². The van der Waals surface area contributed by atoms with Crippen molar-refractivity contribution in [2.24, 2.45) is 0 Å². The predicted molar refractivity (Wildman–Crippen MR) is 113 cm³/mol. The van der Waals surface area contributed by atoms with Crippen molar-refractivity contribution in [1.82, 2.24) is 15.0 Å². The van der Waals surface area contributed by atoms with Crippen LogP contribution in [0.25, 0.3) is 11.4 Å². The number of hydrogen-bond acceptors (Lipinski definition) is 8. The minimum atomic E-state index is 0.574. The Morgan fingerprint density at radius 3 is 1.97 bits per heavy atom. The normalized spacial score (nSPS) is 16.7. The quantitative estimate of drug-likeness (QED) is 0.755. The second-order valence-electron chi connectivity index (χ2n) is 6.62. The van der Waals surface area contributed by atoms with E-state index in [-0.39, 0.29) is 0 Å². The summed E-state index contributed by atoms with van der Waals surface area (Å²) in [5.74, 6) is 2.03. The summed E-state index contributed by atoms with van der Waals surface area (Å²) in [5, 5.41) is 0. The molecule has 1 aliphatic rings. The molecule has 0 aliphatic carbocycles. The maximum atomic E-state index is 5.70. The second-order valence-corrected chi connectivity index (χ2v) is 6.62. The highest BCUT2D eigenvalue weighted by molar-refractivity contribution is 5.58. The fraction of sp³-hybridized carbons (Fsp3) is 0.571. The van der Waals surface area contributed by atoms with Crippen molar-refractivity contribution in [3.63, 3.8) is 0 Å². The first-order valence-electron chi connectivity index (χ1n) is 10.4. The Morgan fingerprint density at radius 2 is 1.38 bits per heavy atom. The first-order valence-corrected chi connectivity index (χ1v) is 10.4.